The Morgan fingerprint density at radius 3 is 2.65 bits per heavy atom. The quantitative estimate of drug-likeness (QED) is 0.643. The van der Waals surface area contributed by atoms with Gasteiger partial charge in [-0.05, 0) is 39.3 Å². The van der Waals surface area contributed by atoms with Gasteiger partial charge >= 0.3 is 6.09 Å². The van der Waals surface area contributed by atoms with Gasteiger partial charge in [-0.2, -0.15) is 0 Å². The second-order valence-electron chi connectivity index (χ2n) is 6.83. The smallest absolute Gasteiger partial charge is 0.411 e. The maximum absolute atomic E-state index is 12.8. The van der Waals surface area contributed by atoms with Crippen LogP contribution in [0, 0.1) is 6.92 Å². The Balaban J connectivity index is 2.21. The van der Waals surface area contributed by atoms with Crippen molar-refractivity contribution in [3.8, 4) is 0 Å². The minimum Gasteiger partial charge on any atom is -0.444 e. The normalized spacial score (nSPS) is 18.6. The molecule has 1 aromatic carbocycles. The van der Waals surface area contributed by atoms with E-state index in [1.807, 2.05) is 33.8 Å². The van der Waals surface area contributed by atoms with E-state index in [2.05, 4.69) is 5.32 Å². The summed E-state index contributed by atoms with van der Waals surface area (Å²) in [4.78, 5) is 26.7. The number of Topliss-reactive ketones (excluding diaryl/α,β-unsaturated/α-hetero) is 1. The molecule has 0 saturated carbocycles. The minimum atomic E-state index is -0.593. The molecule has 1 fully saturated rings. The number of nitrogens with zero attached hydrogens (tertiary/aromatic N) is 1. The molecule has 23 heavy (non-hydrogen) atoms. The lowest BCUT2D eigenvalue weighted by molar-refractivity contribution is 0.0125. The number of nitrogens with two attached hydrogens (primary N) is 1. The summed E-state index contributed by atoms with van der Waals surface area (Å²) in [5, 5.41) is 3.16. The summed E-state index contributed by atoms with van der Waals surface area (Å²) in [5.41, 5.74) is 7.30. The number of ketones is 1. The van der Waals surface area contributed by atoms with Crippen LogP contribution in [-0.2, 0) is 4.74 Å². The van der Waals surface area contributed by atoms with Crippen LogP contribution in [0.3, 0.4) is 0 Å². The maximum Gasteiger partial charge on any atom is 0.411 e. The predicted octanol–water partition coefficient (Wildman–Crippen LogP) is 1.97. The highest BCUT2D eigenvalue weighted by Crippen LogP contribution is 2.19. The summed E-state index contributed by atoms with van der Waals surface area (Å²) in [6, 6.07) is 4.65. The standard InChI is InChI=1S/C17H25N3O3/c1-11-5-6-12(9-13(11)18)15(21)14-10-19-7-8-20(14)16(22)23-17(2,3)4/h5-6,9,14,19H,7-8,10,18H2,1-4H3. The summed E-state index contributed by atoms with van der Waals surface area (Å²) in [7, 11) is 0. The number of carbonyl (C=O) groups is 2. The Labute approximate surface area is 137 Å². The molecule has 0 radical (unpaired) electrons. The van der Waals surface area contributed by atoms with Crippen LogP contribution in [0.5, 0.6) is 0 Å². The third-order valence-electron chi connectivity index (χ3n) is 3.74. The summed E-state index contributed by atoms with van der Waals surface area (Å²) in [6.07, 6.45) is -0.461. The van der Waals surface area contributed by atoms with E-state index in [0.717, 1.165) is 5.56 Å². The van der Waals surface area contributed by atoms with Crippen LogP contribution in [0.25, 0.3) is 0 Å². The molecule has 1 aliphatic heterocycles. The lowest BCUT2D eigenvalue weighted by Crippen LogP contribution is -2.57. The summed E-state index contributed by atoms with van der Waals surface area (Å²) in [6.45, 7) is 8.80. The lowest BCUT2D eigenvalue weighted by Gasteiger charge is -2.36. The highest BCUT2D eigenvalue weighted by atomic mass is 16.6. The van der Waals surface area contributed by atoms with E-state index >= 15 is 0 Å². The van der Waals surface area contributed by atoms with E-state index in [1.54, 1.807) is 12.1 Å². The average molecular weight is 319 g/mol. The van der Waals surface area contributed by atoms with Gasteiger partial charge in [-0.25, -0.2) is 4.79 Å². The van der Waals surface area contributed by atoms with Crippen LogP contribution in [-0.4, -0.2) is 48.1 Å². The highest BCUT2D eigenvalue weighted by Gasteiger charge is 2.35. The van der Waals surface area contributed by atoms with E-state index in [4.69, 9.17) is 10.5 Å². The van der Waals surface area contributed by atoms with Gasteiger partial charge in [0.2, 0.25) is 0 Å². The van der Waals surface area contributed by atoms with Gasteiger partial charge in [-0.3, -0.25) is 9.69 Å². The molecule has 6 nitrogen and oxygen atoms in total. The number of carbonyl (C=O) groups excluding carboxylic acids is 2. The zero-order valence-electron chi connectivity index (χ0n) is 14.2. The van der Waals surface area contributed by atoms with Gasteiger partial charge in [0.15, 0.2) is 5.78 Å². The van der Waals surface area contributed by atoms with E-state index in [-0.39, 0.29) is 5.78 Å². The fourth-order valence-electron chi connectivity index (χ4n) is 2.46. The Morgan fingerprint density at radius 2 is 2.04 bits per heavy atom. The summed E-state index contributed by atoms with van der Waals surface area (Å²) < 4.78 is 5.42. The largest absolute Gasteiger partial charge is 0.444 e. The fraction of sp³-hybridized carbons (Fsp3) is 0.529. The number of rotatable bonds is 2. The van der Waals surface area contributed by atoms with Crippen molar-refractivity contribution in [1.82, 2.24) is 10.2 Å². The molecule has 2 rings (SSSR count). The number of ether oxygens (including phenoxy) is 1. The van der Waals surface area contributed by atoms with Gasteiger partial charge in [-0.1, -0.05) is 12.1 Å². The molecular formula is C17H25N3O3. The van der Waals surface area contributed by atoms with Crippen LogP contribution in [0.2, 0.25) is 0 Å². The molecule has 126 valence electrons. The first kappa shape index (κ1) is 17.3. The summed E-state index contributed by atoms with van der Waals surface area (Å²) >= 11 is 0. The van der Waals surface area contributed by atoms with Gasteiger partial charge in [0.25, 0.3) is 0 Å². The first-order valence-corrected chi connectivity index (χ1v) is 7.80. The monoisotopic (exact) mass is 319 g/mol. The Bertz CT molecular complexity index is 608. The van der Waals surface area contributed by atoms with Crippen molar-refractivity contribution < 1.29 is 14.3 Å². The summed E-state index contributed by atoms with van der Waals surface area (Å²) in [5.74, 6) is -0.130. The Hall–Kier alpha value is -2.08. The molecule has 1 unspecified atom stereocenters. The zero-order chi connectivity index (χ0) is 17.2. The number of hydrogen-bond acceptors (Lipinski definition) is 5. The number of anilines is 1. The number of nitrogen functional groups attached to an aromatic ring is 1. The zero-order valence-corrected chi connectivity index (χ0v) is 14.2. The number of piperazine rings is 1. The number of benzene rings is 1. The maximum atomic E-state index is 12.8. The van der Waals surface area contributed by atoms with Crippen molar-refractivity contribution in [2.24, 2.45) is 0 Å². The SMILES string of the molecule is Cc1ccc(C(=O)C2CNCCN2C(=O)OC(C)(C)C)cc1N. The van der Waals surface area contributed by atoms with Crippen LogP contribution in [0.15, 0.2) is 18.2 Å². The van der Waals surface area contributed by atoms with Crippen molar-refractivity contribution in [1.29, 1.82) is 0 Å². The number of aryl methyl sites for hydroxylation is 1. The molecule has 3 N–H and O–H groups in total. The van der Waals surface area contributed by atoms with E-state index in [0.29, 0.717) is 30.9 Å². The molecule has 6 heteroatoms. The molecule has 1 aliphatic rings. The van der Waals surface area contributed by atoms with E-state index in [1.165, 1.54) is 4.90 Å². The predicted molar refractivity (Wildman–Crippen MR) is 89.5 cm³/mol. The van der Waals surface area contributed by atoms with Gasteiger partial charge < -0.3 is 15.8 Å². The average Bonchev–Trinajstić information content (AvgIpc) is 2.47. The third-order valence-corrected chi connectivity index (χ3v) is 3.74. The molecule has 0 aliphatic carbocycles. The van der Waals surface area contributed by atoms with Gasteiger partial charge in [0, 0.05) is 30.9 Å². The second kappa shape index (κ2) is 6.58. The van der Waals surface area contributed by atoms with Crippen molar-refractivity contribution in [2.45, 2.75) is 39.3 Å². The van der Waals surface area contributed by atoms with Crippen molar-refractivity contribution in [2.75, 3.05) is 25.4 Å². The molecule has 1 aromatic rings. The van der Waals surface area contributed by atoms with Gasteiger partial charge in [0.05, 0.1) is 0 Å². The van der Waals surface area contributed by atoms with Crippen LogP contribution in [0.4, 0.5) is 10.5 Å². The molecule has 1 heterocycles. The third kappa shape index (κ3) is 4.22. The molecule has 0 spiro atoms. The molecule has 1 atom stereocenters. The Kier molecular flexibility index (Phi) is 4.94. The number of nitrogens with one attached hydrogen (secondary N) is 1. The Morgan fingerprint density at radius 1 is 1.35 bits per heavy atom. The number of amides is 1. The molecule has 0 bridgehead atoms. The van der Waals surface area contributed by atoms with E-state index in [9.17, 15) is 9.59 Å². The second-order valence-corrected chi connectivity index (χ2v) is 6.83. The van der Waals surface area contributed by atoms with Crippen LogP contribution < -0.4 is 11.1 Å². The van der Waals surface area contributed by atoms with Crippen molar-refractivity contribution >= 4 is 17.6 Å². The molecular weight excluding hydrogens is 294 g/mol. The molecule has 0 aromatic heterocycles. The minimum absolute atomic E-state index is 0.130. The van der Waals surface area contributed by atoms with Gasteiger partial charge in [0.1, 0.15) is 11.6 Å². The molecule has 1 saturated heterocycles. The first-order valence-electron chi connectivity index (χ1n) is 7.80. The highest BCUT2D eigenvalue weighted by molar-refractivity contribution is 6.02. The van der Waals surface area contributed by atoms with Gasteiger partial charge in [-0.15, -0.1) is 0 Å². The first-order chi connectivity index (χ1) is 10.7. The fourth-order valence-corrected chi connectivity index (χ4v) is 2.46. The van der Waals surface area contributed by atoms with Crippen molar-refractivity contribution in [3.63, 3.8) is 0 Å². The van der Waals surface area contributed by atoms with Crippen LogP contribution >= 0.6 is 0 Å². The topological polar surface area (TPSA) is 84.7 Å². The lowest BCUT2D eigenvalue weighted by atomic mass is 9.99. The van der Waals surface area contributed by atoms with E-state index < -0.39 is 17.7 Å². The molecule has 1 amide bonds. The van der Waals surface area contributed by atoms with Crippen molar-refractivity contribution in [3.05, 3.63) is 29.3 Å². The number of hydrogen-bond donors (Lipinski definition) is 2. The van der Waals surface area contributed by atoms with Crippen LogP contribution in [0.1, 0.15) is 36.7 Å².